The number of allylic oxidation sites excluding steroid dienone is 1. The summed E-state index contributed by atoms with van der Waals surface area (Å²) in [7, 11) is 0. The molecule has 0 saturated heterocycles. The lowest BCUT2D eigenvalue weighted by atomic mass is 9.82. The van der Waals surface area contributed by atoms with Crippen molar-refractivity contribution in [2.75, 3.05) is 11.9 Å². The smallest absolute Gasteiger partial charge is 0.336 e. The van der Waals surface area contributed by atoms with Crippen molar-refractivity contribution >= 4 is 23.4 Å². The number of fused-ring (bicyclic) bond motifs is 1. The lowest BCUT2D eigenvalue weighted by molar-refractivity contribution is -0.138. The Kier molecular flexibility index (Phi) is 4.50. The van der Waals surface area contributed by atoms with Crippen LogP contribution in [0.5, 0.6) is 0 Å². The van der Waals surface area contributed by atoms with Gasteiger partial charge >= 0.3 is 11.7 Å². The molecule has 1 aromatic carbocycles. The lowest BCUT2D eigenvalue weighted by Crippen LogP contribution is -2.34. The van der Waals surface area contributed by atoms with Crippen LogP contribution in [0.3, 0.4) is 0 Å². The molecule has 130 valence electrons. The molecule has 3 rings (SSSR count). The Morgan fingerprint density at radius 2 is 1.88 bits per heavy atom. The maximum atomic E-state index is 12.5. The van der Waals surface area contributed by atoms with Gasteiger partial charge in [-0.1, -0.05) is 23.7 Å². The van der Waals surface area contributed by atoms with Crippen molar-refractivity contribution < 1.29 is 9.53 Å². The molecule has 0 aliphatic carbocycles. The molecule has 1 aliphatic rings. The minimum atomic E-state index is -0.687. The highest BCUT2D eigenvalue weighted by atomic mass is 35.5. The molecule has 0 spiro atoms. The summed E-state index contributed by atoms with van der Waals surface area (Å²) in [5.74, 6) is -0.948. The van der Waals surface area contributed by atoms with Crippen LogP contribution in [0.4, 0.5) is 5.82 Å². The molecule has 0 saturated carbocycles. The van der Waals surface area contributed by atoms with Crippen LogP contribution in [0.25, 0.3) is 0 Å². The Hall–Kier alpha value is -2.80. The molecule has 1 aliphatic heterocycles. The summed E-state index contributed by atoms with van der Waals surface area (Å²) in [6, 6.07) is 6.82. The number of hydrogen-bond donors (Lipinski definition) is 3. The zero-order chi connectivity index (χ0) is 18.1. The second-order valence-electron chi connectivity index (χ2n) is 5.57. The van der Waals surface area contributed by atoms with Crippen LogP contribution in [0.1, 0.15) is 30.9 Å². The first-order chi connectivity index (χ1) is 11.9. The summed E-state index contributed by atoms with van der Waals surface area (Å²) in [5.41, 5.74) is 0.558. The molecule has 25 heavy (non-hydrogen) atoms. The molecule has 0 radical (unpaired) electrons. The number of nitrogens with one attached hydrogen (secondary N) is 3. The van der Waals surface area contributed by atoms with Crippen LogP contribution in [-0.4, -0.2) is 22.5 Å². The van der Waals surface area contributed by atoms with Crippen LogP contribution in [0.15, 0.2) is 45.1 Å². The van der Waals surface area contributed by atoms with Gasteiger partial charge in [0, 0.05) is 10.7 Å². The SMILES string of the molecule is CCOC(=O)C1=C(C)Nc2[nH]c(=O)[nH]c(=O)c2C1c1ccc(Cl)cc1. The number of hydrogen-bond acceptors (Lipinski definition) is 5. The van der Waals surface area contributed by atoms with Gasteiger partial charge in [-0.3, -0.25) is 14.8 Å². The summed E-state index contributed by atoms with van der Waals surface area (Å²) in [6.45, 7) is 3.61. The molecule has 7 nitrogen and oxygen atoms in total. The molecule has 8 heteroatoms. The van der Waals surface area contributed by atoms with Gasteiger partial charge in [-0.05, 0) is 31.5 Å². The maximum absolute atomic E-state index is 12.5. The summed E-state index contributed by atoms with van der Waals surface area (Å²) in [4.78, 5) is 41.3. The van der Waals surface area contributed by atoms with Gasteiger partial charge in [-0.25, -0.2) is 9.59 Å². The van der Waals surface area contributed by atoms with Crippen molar-refractivity contribution in [1.29, 1.82) is 0 Å². The van der Waals surface area contributed by atoms with E-state index >= 15 is 0 Å². The van der Waals surface area contributed by atoms with E-state index in [0.29, 0.717) is 21.9 Å². The van der Waals surface area contributed by atoms with E-state index in [1.54, 1.807) is 38.1 Å². The maximum Gasteiger partial charge on any atom is 0.336 e. The third-order valence-electron chi connectivity index (χ3n) is 3.97. The number of rotatable bonds is 3. The third kappa shape index (κ3) is 3.10. The van der Waals surface area contributed by atoms with Crippen LogP contribution < -0.4 is 16.6 Å². The number of carbonyl (C=O) groups excluding carboxylic acids is 1. The van der Waals surface area contributed by atoms with Gasteiger partial charge < -0.3 is 10.1 Å². The molecular formula is C17H16ClN3O4. The normalized spacial score (nSPS) is 16.2. The number of benzene rings is 1. The van der Waals surface area contributed by atoms with Crippen LogP contribution in [0, 0.1) is 0 Å². The average Bonchev–Trinajstić information content (AvgIpc) is 2.54. The fourth-order valence-electron chi connectivity index (χ4n) is 2.95. The number of halogens is 1. The quantitative estimate of drug-likeness (QED) is 0.726. The van der Waals surface area contributed by atoms with E-state index in [-0.39, 0.29) is 18.0 Å². The van der Waals surface area contributed by atoms with Gasteiger partial charge in [0.25, 0.3) is 5.56 Å². The molecule has 0 fully saturated rings. The van der Waals surface area contributed by atoms with Gasteiger partial charge in [0.1, 0.15) is 5.82 Å². The van der Waals surface area contributed by atoms with Gasteiger partial charge in [0.2, 0.25) is 0 Å². The van der Waals surface area contributed by atoms with E-state index in [9.17, 15) is 14.4 Å². The first kappa shape index (κ1) is 17.0. The Balaban J connectivity index is 2.27. The van der Waals surface area contributed by atoms with E-state index in [1.165, 1.54) is 0 Å². The van der Waals surface area contributed by atoms with Crippen molar-refractivity contribution in [2.45, 2.75) is 19.8 Å². The highest BCUT2D eigenvalue weighted by Crippen LogP contribution is 2.39. The van der Waals surface area contributed by atoms with E-state index < -0.39 is 23.1 Å². The zero-order valence-electron chi connectivity index (χ0n) is 13.6. The third-order valence-corrected chi connectivity index (χ3v) is 4.22. The fraction of sp³-hybridized carbons (Fsp3) is 0.235. The number of aromatic amines is 2. The Morgan fingerprint density at radius 3 is 2.52 bits per heavy atom. The number of ether oxygens (including phenoxy) is 1. The Labute approximate surface area is 147 Å². The van der Waals surface area contributed by atoms with Gasteiger partial charge in [0.05, 0.1) is 23.7 Å². The molecule has 3 N–H and O–H groups in total. The first-order valence-corrected chi connectivity index (χ1v) is 8.07. The van der Waals surface area contributed by atoms with E-state index in [1.807, 2.05) is 0 Å². The van der Waals surface area contributed by atoms with Crippen LogP contribution in [0.2, 0.25) is 5.02 Å². The minimum absolute atomic E-state index is 0.206. The molecular weight excluding hydrogens is 346 g/mol. The summed E-state index contributed by atoms with van der Waals surface area (Å²) in [5, 5.41) is 3.45. The molecule has 1 aromatic heterocycles. The first-order valence-electron chi connectivity index (χ1n) is 7.69. The largest absolute Gasteiger partial charge is 0.463 e. The van der Waals surface area contributed by atoms with E-state index in [0.717, 1.165) is 0 Å². The Bertz CT molecular complexity index is 973. The topological polar surface area (TPSA) is 104 Å². The number of carbonyl (C=O) groups is 1. The summed E-state index contributed by atoms with van der Waals surface area (Å²) in [6.07, 6.45) is 0. The second-order valence-corrected chi connectivity index (χ2v) is 6.00. The van der Waals surface area contributed by atoms with Gasteiger partial charge in [-0.15, -0.1) is 0 Å². The standard InChI is InChI=1S/C17H16ClN3O4/c1-3-25-16(23)11-8(2)19-14-13(15(22)21-17(24)20-14)12(11)9-4-6-10(18)7-5-9/h4-7,12H,3H2,1-2H3,(H3,19,20,21,22,24). The highest BCUT2D eigenvalue weighted by Gasteiger charge is 2.35. The molecule has 2 aromatic rings. The van der Waals surface area contributed by atoms with Gasteiger partial charge in [-0.2, -0.15) is 0 Å². The predicted molar refractivity (Wildman–Crippen MR) is 93.9 cm³/mol. The number of aromatic nitrogens is 2. The summed E-state index contributed by atoms with van der Waals surface area (Å²) >= 11 is 5.95. The van der Waals surface area contributed by atoms with Crippen molar-refractivity contribution in [3.63, 3.8) is 0 Å². The lowest BCUT2D eigenvalue weighted by Gasteiger charge is -2.28. The number of anilines is 1. The predicted octanol–water partition coefficient (Wildman–Crippen LogP) is 2.11. The van der Waals surface area contributed by atoms with Crippen LogP contribution in [-0.2, 0) is 9.53 Å². The minimum Gasteiger partial charge on any atom is -0.463 e. The number of H-pyrrole nitrogens is 2. The van der Waals surface area contributed by atoms with Gasteiger partial charge in [0.15, 0.2) is 0 Å². The number of esters is 1. The van der Waals surface area contributed by atoms with Crippen molar-refractivity contribution in [3.8, 4) is 0 Å². The highest BCUT2D eigenvalue weighted by molar-refractivity contribution is 6.30. The van der Waals surface area contributed by atoms with Crippen molar-refractivity contribution in [1.82, 2.24) is 9.97 Å². The fourth-order valence-corrected chi connectivity index (χ4v) is 3.08. The molecule has 0 amide bonds. The zero-order valence-corrected chi connectivity index (χ0v) is 14.4. The van der Waals surface area contributed by atoms with E-state index in [2.05, 4.69) is 15.3 Å². The molecule has 2 heterocycles. The molecule has 0 bridgehead atoms. The van der Waals surface area contributed by atoms with Crippen molar-refractivity contribution in [3.05, 3.63) is 72.5 Å². The van der Waals surface area contributed by atoms with Crippen LogP contribution >= 0.6 is 11.6 Å². The molecule has 1 unspecified atom stereocenters. The second kappa shape index (κ2) is 6.60. The monoisotopic (exact) mass is 361 g/mol. The van der Waals surface area contributed by atoms with Crippen molar-refractivity contribution in [2.24, 2.45) is 0 Å². The summed E-state index contributed by atoms with van der Waals surface area (Å²) < 4.78 is 5.16. The molecule has 1 atom stereocenters. The Morgan fingerprint density at radius 1 is 1.20 bits per heavy atom. The average molecular weight is 362 g/mol. The van der Waals surface area contributed by atoms with E-state index in [4.69, 9.17) is 16.3 Å².